The summed E-state index contributed by atoms with van der Waals surface area (Å²) in [6.45, 7) is 5.79. The van der Waals surface area contributed by atoms with Crippen LogP contribution in [-0.4, -0.2) is 54.0 Å². The fourth-order valence-corrected chi connectivity index (χ4v) is 5.76. The highest BCUT2D eigenvalue weighted by atomic mass is 32.2. The number of piperidine rings is 1. The normalized spacial score (nSPS) is 16.0. The van der Waals surface area contributed by atoms with E-state index in [4.69, 9.17) is 10.7 Å². The van der Waals surface area contributed by atoms with Gasteiger partial charge in [0.2, 0.25) is 11.9 Å². The highest BCUT2D eigenvalue weighted by Gasteiger charge is 2.28. The third kappa shape index (κ3) is 4.44. The van der Waals surface area contributed by atoms with Gasteiger partial charge >= 0.3 is 5.69 Å². The van der Waals surface area contributed by atoms with Crippen LogP contribution < -0.4 is 21.9 Å². The molecule has 13 heteroatoms. The molecule has 4 rings (SSSR count). The molecular formula is C19H26N8O3S2. The molecule has 0 radical (unpaired) electrons. The first-order valence-electron chi connectivity index (χ1n) is 10.4. The number of thioether (sulfide) groups is 1. The summed E-state index contributed by atoms with van der Waals surface area (Å²) in [6.07, 6.45) is 1.27. The molecule has 1 saturated heterocycles. The summed E-state index contributed by atoms with van der Waals surface area (Å²) < 4.78 is 4.17. The highest BCUT2D eigenvalue weighted by Crippen LogP contribution is 2.28. The SMILES string of the molecule is Cc1nnc(SCC(C)Cn2c(N3CCC(C(N)=O)CC3)nc3c2c(=O)[nH]c(=O)n3C)s1. The summed E-state index contributed by atoms with van der Waals surface area (Å²) >= 11 is 3.19. The van der Waals surface area contributed by atoms with E-state index in [0.29, 0.717) is 49.6 Å². The maximum absolute atomic E-state index is 12.7. The number of nitrogens with two attached hydrogens (primary N) is 1. The molecule has 11 nitrogen and oxygen atoms in total. The molecule has 3 aromatic heterocycles. The lowest BCUT2D eigenvalue weighted by atomic mass is 9.96. The smallest absolute Gasteiger partial charge is 0.329 e. The molecule has 1 fully saturated rings. The Morgan fingerprint density at radius 2 is 2.03 bits per heavy atom. The number of carbonyl (C=O) groups is 1. The number of nitrogens with zero attached hydrogens (tertiary/aromatic N) is 6. The van der Waals surface area contributed by atoms with Crippen molar-refractivity contribution in [3.63, 3.8) is 0 Å². The number of fused-ring (bicyclic) bond motifs is 1. The van der Waals surface area contributed by atoms with Crippen LogP contribution in [0.25, 0.3) is 11.2 Å². The van der Waals surface area contributed by atoms with Crippen molar-refractivity contribution < 1.29 is 4.79 Å². The Morgan fingerprint density at radius 3 is 2.66 bits per heavy atom. The predicted molar refractivity (Wildman–Crippen MR) is 124 cm³/mol. The third-order valence-corrected chi connectivity index (χ3v) is 7.96. The molecular weight excluding hydrogens is 452 g/mol. The second kappa shape index (κ2) is 9.06. The lowest BCUT2D eigenvalue weighted by Gasteiger charge is -2.32. The first-order valence-corrected chi connectivity index (χ1v) is 12.2. The van der Waals surface area contributed by atoms with Crippen molar-refractivity contribution in [3.05, 3.63) is 25.8 Å². The number of aryl methyl sites for hydroxylation is 2. The zero-order valence-electron chi connectivity index (χ0n) is 18.2. The lowest BCUT2D eigenvalue weighted by molar-refractivity contribution is -0.122. The number of hydrogen-bond acceptors (Lipinski definition) is 9. The van der Waals surface area contributed by atoms with Gasteiger partial charge in [-0.3, -0.25) is 19.1 Å². The standard InChI is InChI=1S/C19H26N8O3S2/c1-10(9-31-19-24-23-11(2)32-19)8-27-13-15(25(3)18(30)22-16(13)29)21-17(27)26-6-4-12(5-7-26)14(20)28/h10,12H,4-9H2,1-3H3,(H2,20,28)(H,22,29,30). The minimum atomic E-state index is -0.499. The van der Waals surface area contributed by atoms with E-state index in [-0.39, 0.29) is 17.7 Å². The average Bonchev–Trinajstić information content (AvgIpc) is 3.34. The Balaban J connectivity index is 1.65. The van der Waals surface area contributed by atoms with E-state index < -0.39 is 11.2 Å². The van der Waals surface area contributed by atoms with Gasteiger partial charge in [-0.25, -0.2) is 4.79 Å². The van der Waals surface area contributed by atoms with Gasteiger partial charge in [0.15, 0.2) is 15.5 Å². The Hall–Kier alpha value is -2.67. The summed E-state index contributed by atoms with van der Waals surface area (Å²) in [6, 6.07) is 0. The molecule has 0 spiro atoms. The fourth-order valence-electron chi connectivity index (χ4n) is 3.92. The molecule has 0 bridgehead atoms. The molecule has 0 aromatic carbocycles. The molecule has 1 amide bonds. The van der Waals surface area contributed by atoms with Crippen LogP contribution in [0.3, 0.4) is 0 Å². The zero-order chi connectivity index (χ0) is 23.0. The number of anilines is 1. The van der Waals surface area contributed by atoms with Crippen LogP contribution in [0, 0.1) is 18.8 Å². The maximum Gasteiger partial charge on any atom is 0.329 e. The second-order valence-corrected chi connectivity index (χ2v) is 10.6. The number of hydrogen-bond donors (Lipinski definition) is 2. The quantitative estimate of drug-likeness (QED) is 0.472. The van der Waals surface area contributed by atoms with Crippen LogP contribution in [0.15, 0.2) is 13.9 Å². The first-order chi connectivity index (χ1) is 15.2. The Kier molecular flexibility index (Phi) is 6.38. The van der Waals surface area contributed by atoms with Gasteiger partial charge in [-0.15, -0.1) is 10.2 Å². The van der Waals surface area contributed by atoms with E-state index in [2.05, 4.69) is 27.0 Å². The van der Waals surface area contributed by atoms with Gasteiger partial charge in [0.1, 0.15) is 5.01 Å². The number of nitrogens with one attached hydrogen (secondary N) is 1. The van der Waals surface area contributed by atoms with Crippen molar-refractivity contribution in [1.29, 1.82) is 0 Å². The average molecular weight is 479 g/mol. The van der Waals surface area contributed by atoms with E-state index in [0.717, 1.165) is 15.1 Å². The van der Waals surface area contributed by atoms with Gasteiger partial charge in [0.25, 0.3) is 5.56 Å². The number of aromatic amines is 1. The van der Waals surface area contributed by atoms with Gasteiger partial charge in [-0.2, -0.15) is 4.98 Å². The van der Waals surface area contributed by atoms with Crippen LogP contribution in [-0.2, 0) is 18.4 Å². The minimum Gasteiger partial charge on any atom is -0.369 e. The molecule has 0 saturated carbocycles. The number of imidazole rings is 1. The Labute approximate surface area is 192 Å². The van der Waals surface area contributed by atoms with Crippen molar-refractivity contribution in [2.75, 3.05) is 23.7 Å². The molecule has 1 unspecified atom stereocenters. The first kappa shape index (κ1) is 22.5. The largest absolute Gasteiger partial charge is 0.369 e. The molecule has 1 aliphatic rings. The topological polar surface area (TPSA) is 145 Å². The van der Waals surface area contributed by atoms with Gasteiger partial charge in [0.05, 0.1) is 0 Å². The van der Waals surface area contributed by atoms with Crippen LogP contribution in [0.2, 0.25) is 0 Å². The van der Waals surface area contributed by atoms with Crippen molar-refractivity contribution in [1.82, 2.24) is 29.3 Å². The van der Waals surface area contributed by atoms with Gasteiger partial charge < -0.3 is 15.2 Å². The van der Waals surface area contributed by atoms with E-state index in [1.807, 2.05) is 11.5 Å². The van der Waals surface area contributed by atoms with E-state index in [1.54, 1.807) is 30.1 Å². The van der Waals surface area contributed by atoms with Crippen LogP contribution >= 0.6 is 23.1 Å². The molecule has 0 aliphatic carbocycles. The summed E-state index contributed by atoms with van der Waals surface area (Å²) in [5.74, 6) is 1.19. The van der Waals surface area contributed by atoms with Gasteiger partial charge in [-0.05, 0) is 25.7 Å². The summed E-state index contributed by atoms with van der Waals surface area (Å²) in [5, 5.41) is 9.13. The van der Waals surface area contributed by atoms with E-state index in [9.17, 15) is 14.4 Å². The number of carbonyl (C=O) groups excluding carboxylic acids is 1. The monoisotopic (exact) mass is 478 g/mol. The minimum absolute atomic E-state index is 0.150. The van der Waals surface area contributed by atoms with Crippen LogP contribution in [0.1, 0.15) is 24.8 Å². The van der Waals surface area contributed by atoms with Crippen molar-refractivity contribution in [2.24, 2.45) is 24.6 Å². The predicted octanol–water partition coefficient (Wildman–Crippen LogP) is 0.713. The zero-order valence-corrected chi connectivity index (χ0v) is 19.8. The summed E-state index contributed by atoms with van der Waals surface area (Å²) in [7, 11) is 1.60. The van der Waals surface area contributed by atoms with Crippen molar-refractivity contribution in [2.45, 2.75) is 37.6 Å². The molecule has 4 heterocycles. The summed E-state index contributed by atoms with van der Waals surface area (Å²) in [5.41, 5.74) is 5.26. The van der Waals surface area contributed by atoms with Gasteiger partial charge in [0, 0.05) is 38.4 Å². The Morgan fingerprint density at radius 1 is 1.31 bits per heavy atom. The molecule has 32 heavy (non-hydrogen) atoms. The van der Waals surface area contributed by atoms with E-state index in [1.165, 1.54) is 4.57 Å². The molecule has 1 atom stereocenters. The Bertz CT molecular complexity index is 1250. The lowest BCUT2D eigenvalue weighted by Crippen LogP contribution is -2.40. The number of H-pyrrole nitrogens is 1. The van der Waals surface area contributed by atoms with E-state index >= 15 is 0 Å². The summed E-state index contributed by atoms with van der Waals surface area (Å²) in [4.78, 5) is 45.6. The highest BCUT2D eigenvalue weighted by molar-refractivity contribution is 8.01. The molecule has 1 aliphatic heterocycles. The number of aromatic nitrogens is 6. The van der Waals surface area contributed by atoms with Crippen molar-refractivity contribution in [3.8, 4) is 0 Å². The third-order valence-electron chi connectivity index (χ3n) is 5.66. The van der Waals surface area contributed by atoms with Crippen LogP contribution in [0.5, 0.6) is 0 Å². The maximum atomic E-state index is 12.7. The molecule has 3 aromatic rings. The molecule has 3 N–H and O–H groups in total. The van der Waals surface area contributed by atoms with Crippen molar-refractivity contribution >= 4 is 46.1 Å². The number of primary amides is 1. The van der Waals surface area contributed by atoms with Crippen LogP contribution in [0.4, 0.5) is 5.95 Å². The fraction of sp³-hybridized carbons (Fsp3) is 0.579. The molecule has 172 valence electrons. The number of rotatable bonds is 7. The number of amides is 1. The second-order valence-electron chi connectivity index (χ2n) is 8.18. The van der Waals surface area contributed by atoms with Gasteiger partial charge in [-0.1, -0.05) is 30.0 Å².